The van der Waals surface area contributed by atoms with Gasteiger partial charge in [-0.3, -0.25) is 0 Å². The Labute approximate surface area is 159 Å². The number of benzene rings is 2. The summed E-state index contributed by atoms with van der Waals surface area (Å²) in [5.74, 6) is 0.822. The number of rotatable bonds is 5. The summed E-state index contributed by atoms with van der Waals surface area (Å²) in [7, 11) is 0. The van der Waals surface area contributed by atoms with E-state index in [1.165, 1.54) is 0 Å². The first-order valence-corrected chi connectivity index (χ1v) is 8.74. The normalized spacial score (nSPS) is 11.6. The summed E-state index contributed by atoms with van der Waals surface area (Å²) in [6.45, 7) is 0.597. The SMILES string of the molecule is C(=C\c1ccccc1)/Cn1cc(-c2nc(-c3ccc4nc[nH]c4c3)no2)nn1. The Morgan fingerprint density at radius 1 is 1.11 bits per heavy atom. The van der Waals surface area contributed by atoms with Gasteiger partial charge in [0.15, 0.2) is 5.69 Å². The molecule has 0 saturated carbocycles. The van der Waals surface area contributed by atoms with Crippen LogP contribution in [0, 0.1) is 0 Å². The van der Waals surface area contributed by atoms with Gasteiger partial charge in [-0.05, 0) is 23.8 Å². The average Bonchev–Trinajstić information content (AvgIpc) is 3.48. The minimum absolute atomic E-state index is 0.331. The lowest BCUT2D eigenvalue weighted by atomic mass is 10.2. The molecule has 136 valence electrons. The largest absolute Gasteiger partial charge is 0.345 e. The van der Waals surface area contributed by atoms with Crippen molar-refractivity contribution in [2.45, 2.75) is 6.54 Å². The van der Waals surface area contributed by atoms with Crippen molar-refractivity contribution in [3.05, 3.63) is 72.7 Å². The summed E-state index contributed by atoms with van der Waals surface area (Å²) < 4.78 is 7.08. The lowest BCUT2D eigenvalue weighted by Crippen LogP contribution is -1.95. The summed E-state index contributed by atoms with van der Waals surface area (Å²) in [6, 6.07) is 15.8. The number of H-pyrrole nitrogens is 1. The highest BCUT2D eigenvalue weighted by atomic mass is 16.5. The molecular formula is C20H15N7O. The van der Waals surface area contributed by atoms with Gasteiger partial charge in [-0.1, -0.05) is 52.9 Å². The van der Waals surface area contributed by atoms with Crippen molar-refractivity contribution < 1.29 is 4.52 Å². The van der Waals surface area contributed by atoms with Gasteiger partial charge in [0.1, 0.15) is 0 Å². The van der Waals surface area contributed by atoms with Crippen molar-refractivity contribution in [2.24, 2.45) is 0 Å². The van der Waals surface area contributed by atoms with Gasteiger partial charge < -0.3 is 9.51 Å². The van der Waals surface area contributed by atoms with Crippen LogP contribution in [0.4, 0.5) is 0 Å². The third-order valence-electron chi connectivity index (χ3n) is 4.26. The fourth-order valence-corrected chi connectivity index (χ4v) is 2.87. The Balaban J connectivity index is 1.32. The summed E-state index contributed by atoms with van der Waals surface area (Å²) in [6.07, 6.45) is 7.50. The molecule has 2 aromatic carbocycles. The highest BCUT2D eigenvalue weighted by molar-refractivity contribution is 5.80. The Kier molecular flexibility index (Phi) is 3.98. The molecule has 8 heteroatoms. The molecular weight excluding hydrogens is 354 g/mol. The van der Waals surface area contributed by atoms with E-state index < -0.39 is 0 Å². The monoisotopic (exact) mass is 369 g/mol. The molecule has 0 aliphatic rings. The zero-order valence-corrected chi connectivity index (χ0v) is 14.7. The molecule has 0 aliphatic carbocycles. The van der Waals surface area contributed by atoms with Crippen LogP contribution in [0.5, 0.6) is 0 Å². The van der Waals surface area contributed by atoms with Crippen LogP contribution in [0.2, 0.25) is 0 Å². The highest BCUT2D eigenvalue weighted by Gasteiger charge is 2.14. The fraction of sp³-hybridized carbons (Fsp3) is 0.0500. The van der Waals surface area contributed by atoms with Crippen molar-refractivity contribution in [3.8, 4) is 23.0 Å². The van der Waals surface area contributed by atoms with Crippen molar-refractivity contribution in [2.75, 3.05) is 0 Å². The lowest BCUT2D eigenvalue weighted by molar-refractivity contribution is 0.431. The first kappa shape index (κ1) is 16.1. The maximum absolute atomic E-state index is 5.36. The molecule has 0 bridgehead atoms. The number of aromatic nitrogens is 7. The van der Waals surface area contributed by atoms with Gasteiger partial charge in [-0.15, -0.1) is 5.10 Å². The number of hydrogen-bond acceptors (Lipinski definition) is 6. The van der Waals surface area contributed by atoms with Crippen LogP contribution in [-0.2, 0) is 6.54 Å². The molecule has 1 N–H and O–H groups in total. The number of hydrogen-bond donors (Lipinski definition) is 1. The second kappa shape index (κ2) is 6.92. The van der Waals surface area contributed by atoms with E-state index in [-0.39, 0.29) is 0 Å². The molecule has 0 aliphatic heterocycles. The summed E-state index contributed by atoms with van der Waals surface area (Å²) in [5.41, 5.74) is 4.32. The van der Waals surface area contributed by atoms with Gasteiger partial charge in [0, 0.05) is 5.56 Å². The van der Waals surface area contributed by atoms with E-state index >= 15 is 0 Å². The predicted molar refractivity (Wildman–Crippen MR) is 104 cm³/mol. The number of allylic oxidation sites excluding steroid dienone is 1. The molecule has 0 amide bonds. The zero-order valence-electron chi connectivity index (χ0n) is 14.7. The Bertz CT molecular complexity index is 1250. The molecule has 3 aromatic heterocycles. The van der Waals surface area contributed by atoms with Crippen LogP contribution in [0.15, 0.2) is 71.7 Å². The third kappa shape index (κ3) is 3.18. The van der Waals surface area contributed by atoms with Gasteiger partial charge in [0.05, 0.1) is 30.1 Å². The van der Waals surface area contributed by atoms with Crippen molar-refractivity contribution in [3.63, 3.8) is 0 Å². The second-order valence-corrected chi connectivity index (χ2v) is 6.20. The number of imidazole rings is 1. The maximum Gasteiger partial charge on any atom is 0.280 e. The maximum atomic E-state index is 5.36. The number of aromatic amines is 1. The van der Waals surface area contributed by atoms with E-state index in [1.54, 1.807) is 17.2 Å². The summed E-state index contributed by atoms with van der Waals surface area (Å²) in [4.78, 5) is 11.7. The molecule has 0 unspecified atom stereocenters. The summed E-state index contributed by atoms with van der Waals surface area (Å²) >= 11 is 0. The van der Waals surface area contributed by atoms with Crippen LogP contribution < -0.4 is 0 Å². The van der Waals surface area contributed by atoms with Crippen molar-refractivity contribution in [1.82, 2.24) is 35.1 Å². The molecule has 0 radical (unpaired) electrons. The quantitative estimate of drug-likeness (QED) is 0.508. The van der Waals surface area contributed by atoms with E-state index in [2.05, 4.69) is 30.4 Å². The van der Waals surface area contributed by atoms with Crippen LogP contribution in [0.25, 0.3) is 40.1 Å². The zero-order chi connectivity index (χ0) is 18.8. The molecule has 0 spiro atoms. The smallest absolute Gasteiger partial charge is 0.280 e. The molecule has 8 nitrogen and oxygen atoms in total. The van der Waals surface area contributed by atoms with Gasteiger partial charge in [0.25, 0.3) is 5.89 Å². The fourth-order valence-electron chi connectivity index (χ4n) is 2.87. The van der Waals surface area contributed by atoms with E-state index in [0.717, 1.165) is 22.2 Å². The van der Waals surface area contributed by atoms with Gasteiger partial charge in [-0.25, -0.2) is 9.67 Å². The van der Waals surface area contributed by atoms with Crippen LogP contribution in [0.1, 0.15) is 5.56 Å². The average molecular weight is 369 g/mol. The summed E-state index contributed by atoms with van der Waals surface area (Å²) in [5, 5.41) is 12.3. The van der Waals surface area contributed by atoms with Gasteiger partial charge in [0.2, 0.25) is 5.82 Å². The predicted octanol–water partition coefficient (Wildman–Crippen LogP) is 3.58. The van der Waals surface area contributed by atoms with Crippen molar-refractivity contribution >= 4 is 17.1 Å². The van der Waals surface area contributed by atoms with Crippen LogP contribution >= 0.6 is 0 Å². The molecule has 0 fully saturated rings. The number of nitrogens with one attached hydrogen (secondary N) is 1. The van der Waals surface area contributed by atoms with Gasteiger partial charge >= 0.3 is 0 Å². The Morgan fingerprint density at radius 3 is 2.96 bits per heavy atom. The molecule has 5 rings (SSSR count). The molecule has 5 aromatic rings. The Morgan fingerprint density at radius 2 is 2.04 bits per heavy atom. The molecule has 0 atom stereocenters. The molecule has 28 heavy (non-hydrogen) atoms. The highest BCUT2D eigenvalue weighted by Crippen LogP contribution is 2.23. The minimum atomic E-state index is 0.331. The van der Waals surface area contributed by atoms with Crippen LogP contribution in [0.3, 0.4) is 0 Å². The topological polar surface area (TPSA) is 98.3 Å². The van der Waals surface area contributed by atoms with Crippen molar-refractivity contribution in [1.29, 1.82) is 0 Å². The van der Waals surface area contributed by atoms with E-state index in [1.807, 2.05) is 60.7 Å². The van der Waals surface area contributed by atoms with E-state index in [9.17, 15) is 0 Å². The first-order chi connectivity index (χ1) is 13.8. The first-order valence-electron chi connectivity index (χ1n) is 8.74. The molecule has 3 heterocycles. The third-order valence-corrected chi connectivity index (χ3v) is 4.26. The Hall–Kier alpha value is -4.07. The minimum Gasteiger partial charge on any atom is -0.345 e. The second-order valence-electron chi connectivity index (χ2n) is 6.20. The molecule has 0 saturated heterocycles. The standard InChI is InChI=1S/C20H15N7O/c1-2-5-14(6-3-1)7-4-10-27-12-18(24-26-27)20-23-19(25-28-20)15-8-9-16-17(11-15)22-13-21-16/h1-9,11-13H,10H2,(H,21,22)/b7-4+. The van der Waals surface area contributed by atoms with E-state index in [4.69, 9.17) is 4.52 Å². The lowest BCUT2D eigenvalue weighted by Gasteiger charge is -1.93. The van der Waals surface area contributed by atoms with E-state index in [0.29, 0.717) is 24.0 Å². The number of nitrogens with zero attached hydrogens (tertiary/aromatic N) is 6. The van der Waals surface area contributed by atoms with Gasteiger partial charge in [-0.2, -0.15) is 4.98 Å². The van der Waals surface area contributed by atoms with Crippen LogP contribution in [-0.4, -0.2) is 35.1 Å². The number of fused-ring (bicyclic) bond motifs is 1.